The number of anilines is 4. The third-order valence-corrected chi connectivity index (χ3v) is 27.4. The van der Waals surface area contributed by atoms with Crippen LogP contribution in [0.15, 0.2) is 348 Å². The van der Waals surface area contributed by atoms with Crippen LogP contribution in [0.3, 0.4) is 0 Å². The Labute approximate surface area is 865 Å². The first-order valence-electron chi connectivity index (χ1n) is 48.8. The third-order valence-electron chi connectivity index (χ3n) is 26.1. The Kier molecular flexibility index (Phi) is 28.3. The van der Waals surface area contributed by atoms with Crippen molar-refractivity contribution in [1.82, 2.24) is 93.0 Å². The minimum absolute atomic E-state index is 0.00852. The number of nitrogen functional groups attached to an aromatic ring is 1. The van der Waals surface area contributed by atoms with E-state index in [0.717, 1.165) is 145 Å². The molecule has 0 radical (unpaired) electrons. The van der Waals surface area contributed by atoms with Crippen molar-refractivity contribution in [1.29, 1.82) is 0 Å². The number of methoxy groups -OCH3 is 1. The van der Waals surface area contributed by atoms with Crippen molar-refractivity contribution >= 4 is 134 Å². The molecular weight excluding hydrogens is 1900 g/mol. The second-order valence-corrected chi connectivity index (χ2v) is 38.2. The molecule has 736 valence electrons. The van der Waals surface area contributed by atoms with Crippen LogP contribution in [0, 0.1) is 41.5 Å². The first kappa shape index (κ1) is 98.2. The Bertz CT molecular complexity index is 9280. The molecule has 149 heavy (non-hydrogen) atoms. The van der Waals surface area contributed by atoms with E-state index in [0.29, 0.717) is 90.6 Å². The SMILES string of the molecule is COc1ncc(-c2cccc3cc([C@H](C)Nc4nc(CCc5ccc(C)cc5)nc5cccnc45)n(-c4ccccc4)c(=O)c23)cn1.Cc1cccc(-n2c([C@H](C)Nc3nc(N)nc4cccnc34)cc3cccc(C)c3c2=O)c1.Cc1nc(C[C@@H](C)c2cc3cccc(Cl)c3c(=O)n2-c2ccccc2)c2ncccc2n1.Cc1nc(N[C@@H](C)c2cc3cccc(-c4cnc(C)s4)c3c(=O)n2-c2ccccc2)c2ncccc2n1. The standard InChI is InChI=1S/C38H33N7O2.C29H24N6OS.C26H21ClN4O.C26H24N6O/c1-24-14-16-26(17-15-24)18-19-33-43-31-13-8-20-39-35(31)36(44-33)42-25(2)32-21-27-9-7-12-30(28-22-40-38(47-3)41-23-28)34(27)37(46)45(32)29-10-5-4-6-11-29;1-17(32-28-27-23(13-8-14-30-27)33-18(2)34-28)24-15-20-9-7-12-22(25-16-31-19(3)37-25)26(20)29(36)35(24)21-10-5-4-6-11-21;1-16(14-22-25-21(12-7-13-28-25)29-17(2)30-22)23-15-18-8-6-11-20(27)24(18)26(32)31(23)19-9-4-3-5-10-19;1-15-7-4-10-19(13-15)32-21(14-18-9-5-8-16(2)22(18)25(32)33)17(3)29-24-23-20(11-6-12-28-23)30-26(27)31-24/h4-17,20-23,25H,18-19H2,1-3H3,(H,42,43,44);4-17H,1-3H3,(H,32,33,34);3-13,15-16H,14H2,1-2H3;4-14,17H,1-3H3,(H3,27,29,30,31)/t25-;17-;16-;17-/m0010/s1. The second-order valence-electron chi connectivity index (χ2n) is 36.6. The van der Waals surface area contributed by atoms with Crippen LogP contribution >= 0.6 is 22.9 Å². The monoisotopic (exact) mass is 2000 g/mol. The zero-order valence-corrected chi connectivity index (χ0v) is 85.1. The van der Waals surface area contributed by atoms with Crippen molar-refractivity contribution in [2.45, 2.75) is 113 Å². The number of aromatic nitrogens is 19. The number of nitrogens with two attached hydrogens (primary N) is 1. The van der Waals surface area contributed by atoms with Gasteiger partial charge in [-0.2, -0.15) is 4.98 Å². The van der Waals surface area contributed by atoms with Gasteiger partial charge >= 0.3 is 6.01 Å². The van der Waals surface area contributed by atoms with Crippen LogP contribution in [0.25, 0.3) is 132 Å². The molecule has 0 saturated heterocycles. The Morgan fingerprint density at radius 1 is 0.369 bits per heavy atom. The van der Waals surface area contributed by atoms with Crippen LogP contribution in [0.1, 0.15) is 125 Å². The molecule has 0 aliphatic heterocycles. The molecule has 0 spiro atoms. The number of hydrogen-bond acceptors (Lipinski definition) is 25. The number of fused-ring (bicyclic) bond motifs is 8. The number of aryl methyl sites for hydroxylation is 8. The molecule has 4 atom stereocenters. The van der Waals surface area contributed by atoms with Gasteiger partial charge in [0, 0.05) is 119 Å². The van der Waals surface area contributed by atoms with Crippen LogP contribution in [-0.4, -0.2) is 100 Å². The molecule has 0 aliphatic rings. The number of hydrogen-bond donors (Lipinski definition) is 4. The van der Waals surface area contributed by atoms with E-state index in [1.165, 1.54) is 18.2 Å². The molecule has 0 saturated carbocycles. The van der Waals surface area contributed by atoms with Gasteiger partial charge in [0.05, 0.1) is 89.4 Å². The summed E-state index contributed by atoms with van der Waals surface area (Å²) >= 11 is 8.02. The Morgan fingerprint density at radius 3 is 1.35 bits per heavy atom. The summed E-state index contributed by atoms with van der Waals surface area (Å²) in [6.45, 7) is 20.0. The van der Waals surface area contributed by atoms with Crippen molar-refractivity contribution in [3.63, 3.8) is 0 Å². The molecule has 0 amide bonds. The highest BCUT2D eigenvalue weighted by Crippen LogP contribution is 2.39. The van der Waals surface area contributed by atoms with Crippen molar-refractivity contribution in [3.05, 3.63) is 448 Å². The van der Waals surface area contributed by atoms with E-state index in [-0.39, 0.29) is 58.2 Å². The lowest BCUT2D eigenvalue weighted by Crippen LogP contribution is -2.26. The number of pyridine rings is 8. The van der Waals surface area contributed by atoms with Crippen LogP contribution in [0.5, 0.6) is 6.01 Å². The van der Waals surface area contributed by atoms with Crippen molar-refractivity contribution in [2.75, 3.05) is 28.8 Å². The van der Waals surface area contributed by atoms with Crippen LogP contribution in [0.4, 0.5) is 23.4 Å². The van der Waals surface area contributed by atoms with E-state index >= 15 is 0 Å². The minimum Gasteiger partial charge on any atom is -0.467 e. The smallest absolute Gasteiger partial charge is 0.316 e. The third kappa shape index (κ3) is 20.7. The molecule has 5 N–H and O–H groups in total. The van der Waals surface area contributed by atoms with Gasteiger partial charge in [-0.1, -0.05) is 182 Å². The Hall–Kier alpha value is -18.2. The first-order valence-corrected chi connectivity index (χ1v) is 50.0. The van der Waals surface area contributed by atoms with Gasteiger partial charge in [-0.3, -0.25) is 57.4 Å². The first-order chi connectivity index (χ1) is 72.4. The van der Waals surface area contributed by atoms with Gasteiger partial charge in [0.15, 0.2) is 17.5 Å². The number of halogens is 1. The normalized spacial score (nSPS) is 12.1. The fourth-order valence-corrected chi connectivity index (χ4v) is 20.1. The molecule has 0 bridgehead atoms. The highest BCUT2D eigenvalue weighted by molar-refractivity contribution is 7.15. The van der Waals surface area contributed by atoms with Gasteiger partial charge in [0.1, 0.15) is 39.5 Å². The average Bonchev–Trinajstić information content (AvgIpc) is 1.46. The fourth-order valence-electron chi connectivity index (χ4n) is 19.1. The lowest BCUT2D eigenvalue weighted by molar-refractivity contribution is 0.380. The number of ether oxygens (including phenoxy) is 1. The van der Waals surface area contributed by atoms with Crippen LogP contribution in [-0.2, 0) is 19.3 Å². The number of thiazole rings is 1. The number of nitrogens with one attached hydrogen (secondary N) is 3. The second kappa shape index (κ2) is 43.0. The summed E-state index contributed by atoms with van der Waals surface area (Å²) in [5, 5.41) is 17.9. The predicted octanol–water partition coefficient (Wildman–Crippen LogP) is 23.6. The summed E-state index contributed by atoms with van der Waals surface area (Å²) in [7, 11) is 1.52. The molecule has 0 aliphatic carbocycles. The molecule has 30 heteroatoms. The van der Waals surface area contributed by atoms with Crippen LogP contribution < -0.4 is 48.7 Å². The van der Waals surface area contributed by atoms with Gasteiger partial charge in [0.25, 0.3) is 22.2 Å². The molecule has 23 rings (SSSR count). The number of nitrogens with zero attached hydrogens (tertiary/aromatic N) is 19. The molecule has 0 unspecified atom stereocenters. The summed E-state index contributed by atoms with van der Waals surface area (Å²) in [6, 6.07) is 91.6. The van der Waals surface area contributed by atoms with Crippen molar-refractivity contribution in [2.24, 2.45) is 0 Å². The maximum atomic E-state index is 14.6. The Balaban J connectivity index is 0.000000122. The maximum Gasteiger partial charge on any atom is 0.316 e. The highest BCUT2D eigenvalue weighted by atomic mass is 35.5. The molecule has 28 nitrogen and oxygen atoms in total. The summed E-state index contributed by atoms with van der Waals surface area (Å²) in [5.41, 5.74) is 25.6. The molecule has 14 heterocycles. The lowest BCUT2D eigenvalue weighted by Gasteiger charge is -2.22. The van der Waals surface area contributed by atoms with Crippen molar-refractivity contribution in [3.8, 4) is 50.3 Å². The summed E-state index contributed by atoms with van der Waals surface area (Å²) in [5.74, 6) is 4.03. The summed E-state index contributed by atoms with van der Waals surface area (Å²) in [6.07, 6.45) is 14.2. The van der Waals surface area contributed by atoms with E-state index < -0.39 is 0 Å². The zero-order valence-electron chi connectivity index (χ0n) is 83.5. The quantitative estimate of drug-likeness (QED) is 0.0489. The van der Waals surface area contributed by atoms with E-state index in [4.69, 9.17) is 32.0 Å². The number of benzene rings is 9. The van der Waals surface area contributed by atoms with Crippen molar-refractivity contribution < 1.29 is 4.74 Å². The van der Waals surface area contributed by atoms with Gasteiger partial charge in [-0.05, 0) is 240 Å². The number of rotatable bonds is 22. The number of para-hydroxylation sites is 3. The highest BCUT2D eigenvalue weighted by Gasteiger charge is 2.28. The lowest BCUT2D eigenvalue weighted by atomic mass is 9.97. The van der Waals surface area contributed by atoms with Gasteiger partial charge in [0.2, 0.25) is 5.95 Å². The maximum absolute atomic E-state index is 14.6. The molecule has 0 fully saturated rings. The van der Waals surface area contributed by atoms with E-state index in [9.17, 15) is 19.2 Å². The predicted molar refractivity (Wildman–Crippen MR) is 596 cm³/mol. The Morgan fingerprint density at radius 2 is 0.805 bits per heavy atom. The molecule has 9 aromatic carbocycles. The van der Waals surface area contributed by atoms with E-state index in [2.05, 4.69) is 143 Å². The average molecular weight is 2000 g/mol. The van der Waals surface area contributed by atoms with Crippen LogP contribution in [0.2, 0.25) is 5.02 Å². The van der Waals surface area contributed by atoms with E-state index in [1.807, 2.05) is 292 Å². The largest absolute Gasteiger partial charge is 0.467 e. The van der Waals surface area contributed by atoms with Gasteiger partial charge < -0.3 is 26.4 Å². The molecule has 23 aromatic rings. The molecular formula is C119H102ClN23O5S. The van der Waals surface area contributed by atoms with E-state index in [1.54, 1.807) is 72.9 Å². The fraction of sp³-hybridized carbons (Fsp3) is 0.151. The zero-order chi connectivity index (χ0) is 103. The molecule has 14 aromatic heterocycles. The van der Waals surface area contributed by atoms with Gasteiger partial charge in [-0.25, -0.2) is 49.8 Å². The summed E-state index contributed by atoms with van der Waals surface area (Å²) < 4.78 is 12.3. The minimum atomic E-state index is -0.328. The summed E-state index contributed by atoms with van der Waals surface area (Å²) in [4.78, 5) is 125. The van der Waals surface area contributed by atoms with Gasteiger partial charge in [-0.15, -0.1) is 11.3 Å². The topological polar surface area (TPSA) is 353 Å².